The summed E-state index contributed by atoms with van der Waals surface area (Å²) >= 11 is 0. The molecule has 2 heterocycles. The van der Waals surface area contributed by atoms with Crippen LogP contribution in [0.1, 0.15) is 13.3 Å². The van der Waals surface area contributed by atoms with Gasteiger partial charge in [-0.2, -0.15) is 0 Å². The monoisotopic (exact) mass is 280 g/mol. The number of nitrogens with zero attached hydrogens (tertiary/aromatic N) is 1. The van der Waals surface area contributed by atoms with E-state index in [1.54, 1.807) is 18.3 Å². The first kappa shape index (κ1) is 15.9. The molecule has 0 aromatic carbocycles. The number of methoxy groups -OCH3 is 1. The van der Waals surface area contributed by atoms with Crippen LogP contribution < -0.4 is 21.1 Å². The summed E-state index contributed by atoms with van der Waals surface area (Å²) in [6, 6.07) is 3.38. The highest BCUT2D eigenvalue weighted by atomic mass is 16.5. The quantitative estimate of drug-likeness (QED) is 0.680. The Bertz CT molecular complexity index is 453. The second-order valence-corrected chi connectivity index (χ2v) is 4.52. The van der Waals surface area contributed by atoms with Gasteiger partial charge in [0.05, 0.1) is 13.2 Å². The van der Waals surface area contributed by atoms with Crippen molar-refractivity contribution in [3.63, 3.8) is 0 Å². The second kappa shape index (κ2) is 8.11. The predicted octanol–water partition coefficient (Wildman–Crippen LogP) is 0.128. The van der Waals surface area contributed by atoms with Crippen molar-refractivity contribution in [1.82, 2.24) is 10.3 Å². The van der Waals surface area contributed by atoms with Crippen LogP contribution in [0.15, 0.2) is 18.3 Å². The van der Waals surface area contributed by atoms with E-state index in [9.17, 15) is 9.59 Å². The largest absolute Gasteiger partial charge is 0.493 e. The molecule has 2 unspecified atom stereocenters. The predicted molar refractivity (Wildman–Crippen MR) is 75.2 cm³/mol. The number of nitrogens with one attached hydrogen (secondary N) is 2. The van der Waals surface area contributed by atoms with Crippen LogP contribution in [0.3, 0.4) is 0 Å². The molecule has 1 saturated heterocycles. The molecule has 4 N–H and O–H groups in total. The van der Waals surface area contributed by atoms with Crippen LogP contribution in [0.25, 0.3) is 0 Å². The number of anilines is 1. The topological polar surface area (TPSA) is 106 Å². The van der Waals surface area contributed by atoms with Crippen LogP contribution in [-0.4, -0.2) is 37.0 Å². The maximum Gasteiger partial charge on any atom is 0.234 e. The van der Waals surface area contributed by atoms with Crippen molar-refractivity contribution in [2.75, 3.05) is 19.0 Å². The van der Waals surface area contributed by atoms with Crippen LogP contribution in [0.5, 0.6) is 5.75 Å². The summed E-state index contributed by atoms with van der Waals surface area (Å²) in [5.74, 6) is 1.37. The van der Waals surface area contributed by atoms with Crippen molar-refractivity contribution < 1.29 is 14.3 Å². The number of carbonyl (C=O) groups excluding carboxylic acids is 2. The number of carbonyl (C=O) groups is 2. The van der Waals surface area contributed by atoms with Crippen LogP contribution in [0.2, 0.25) is 0 Å². The van der Waals surface area contributed by atoms with Crippen LogP contribution in [0, 0.1) is 5.92 Å². The van der Waals surface area contributed by atoms with Gasteiger partial charge in [-0.05, 0) is 31.0 Å². The van der Waals surface area contributed by atoms with E-state index in [1.807, 2.05) is 0 Å². The van der Waals surface area contributed by atoms with Crippen LogP contribution in [-0.2, 0) is 9.59 Å². The van der Waals surface area contributed by atoms with Gasteiger partial charge in [0.15, 0.2) is 11.6 Å². The van der Waals surface area contributed by atoms with Crippen molar-refractivity contribution in [1.29, 1.82) is 0 Å². The average molecular weight is 280 g/mol. The molecule has 1 aliphatic heterocycles. The zero-order valence-electron chi connectivity index (χ0n) is 11.6. The van der Waals surface area contributed by atoms with E-state index in [0.717, 1.165) is 13.0 Å². The van der Waals surface area contributed by atoms with Crippen LogP contribution >= 0.6 is 0 Å². The third kappa shape index (κ3) is 4.85. The Kier molecular flexibility index (Phi) is 6.45. The summed E-state index contributed by atoms with van der Waals surface area (Å²) in [5.41, 5.74) is 5.06. The molecular weight excluding hydrogens is 260 g/mol. The number of pyridine rings is 1. The van der Waals surface area contributed by atoms with Gasteiger partial charge >= 0.3 is 0 Å². The molecule has 2 amide bonds. The number of rotatable bonds is 4. The van der Waals surface area contributed by atoms with Crippen molar-refractivity contribution in [2.45, 2.75) is 19.4 Å². The van der Waals surface area contributed by atoms with Gasteiger partial charge in [-0.1, -0.05) is 6.92 Å². The molecule has 1 aromatic rings. The van der Waals surface area contributed by atoms with Gasteiger partial charge in [-0.15, -0.1) is 0 Å². The Morgan fingerprint density at radius 2 is 2.40 bits per heavy atom. The normalized spacial score (nSPS) is 20.5. The minimum Gasteiger partial charge on any atom is -0.493 e. The molecule has 0 bridgehead atoms. The summed E-state index contributed by atoms with van der Waals surface area (Å²) in [7, 11) is 1.52. The molecule has 1 aromatic heterocycles. The molecule has 2 atom stereocenters. The third-order valence-electron chi connectivity index (χ3n) is 2.88. The smallest absolute Gasteiger partial charge is 0.234 e. The number of primary amides is 1. The van der Waals surface area contributed by atoms with E-state index in [0.29, 0.717) is 23.9 Å². The van der Waals surface area contributed by atoms with Gasteiger partial charge in [-0.25, -0.2) is 4.98 Å². The molecule has 7 heteroatoms. The van der Waals surface area contributed by atoms with Gasteiger partial charge in [-0.3, -0.25) is 9.59 Å². The van der Waals surface area contributed by atoms with Crippen molar-refractivity contribution in [3.8, 4) is 5.75 Å². The molecule has 1 aliphatic rings. The molecule has 0 spiro atoms. The van der Waals surface area contributed by atoms with E-state index in [4.69, 9.17) is 10.5 Å². The first-order valence-electron chi connectivity index (χ1n) is 6.30. The van der Waals surface area contributed by atoms with Crippen LogP contribution in [0.4, 0.5) is 5.82 Å². The van der Waals surface area contributed by atoms with Crippen molar-refractivity contribution in [2.24, 2.45) is 11.7 Å². The lowest BCUT2D eigenvalue weighted by Gasteiger charge is -2.03. The first-order valence-corrected chi connectivity index (χ1v) is 6.30. The second-order valence-electron chi connectivity index (χ2n) is 4.52. The Labute approximate surface area is 117 Å². The van der Waals surface area contributed by atoms with Crippen molar-refractivity contribution >= 4 is 18.1 Å². The maximum absolute atomic E-state index is 10.5. The highest BCUT2D eigenvalue weighted by molar-refractivity contribution is 5.80. The maximum atomic E-state index is 10.5. The average Bonchev–Trinajstić information content (AvgIpc) is 2.87. The lowest BCUT2D eigenvalue weighted by atomic mass is 10.1. The van der Waals surface area contributed by atoms with E-state index in [1.165, 1.54) is 7.11 Å². The van der Waals surface area contributed by atoms with E-state index in [2.05, 4.69) is 22.5 Å². The molecule has 7 nitrogen and oxygen atoms in total. The zero-order chi connectivity index (χ0) is 15.0. The van der Waals surface area contributed by atoms with E-state index in [-0.39, 0.29) is 11.9 Å². The zero-order valence-corrected chi connectivity index (χ0v) is 11.6. The Hall–Kier alpha value is -2.15. The standard InChI is InChI=1S/C7H8N2O2.C6H12N2O/c1-11-6-3-2-4-8-7(6)9-5-10;1-4-2-5(6(7)9)8-3-4/h2-5H,1H3,(H,8,9,10);4-5,8H,2-3H2,1H3,(H2,7,9). The minimum absolute atomic E-state index is 0.0694. The molecule has 20 heavy (non-hydrogen) atoms. The van der Waals surface area contributed by atoms with Gasteiger partial charge in [0.1, 0.15) is 0 Å². The number of hydrogen-bond acceptors (Lipinski definition) is 5. The van der Waals surface area contributed by atoms with E-state index < -0.39 is 0 Å². The van der Waals surface area contributed by atoms with Gasteiger partial charge in [0, 0.05) is 6.20 Å². The highest BCUT2D eigenvalue weighted by Crippen LogP contribution is 2.18. The summed E-state index contributed by atoms with van der Waals surface area (Å²) in [5, 5.41) is 5.44. The van der Waals surface area contributed by atoms with Gasteiger partial charge in [0.2, 0.25) is 12.3 Å². The number of amides is 2. The minimum atomic E-state index is -0.223. The molecule has 0 aliphatic carbocycles. The fourth-order valence-electron chi connectivity index (χ4n) is 1.85. The SMILES string of the molecule is CC1CNC(C(N)=O)C1.COc1cccnc1NC=O. The Morgan fingerprint density at radius 1 is 1.65 bits per heavy atom. The number of hydrogen-bond donors (Lipinski definition) is 3. The molecule has 0 saturated carbocycles. The molecular formula is C13H20N4O3. The fourth-order valence-corrected chi connectivity index (χ4v) is 1.85. The highest BCUT2D eigenvalue weighted by Gasteiger charge is 2.24. The first-order chi connectivity index (χ1) is 9.58. The Morgan fingerprint density at radius 3 is 2.85 bits per heavy atom. The van der Waals surface area contributed by atoms with Gasteiger partial charge in [0.25, 0.3) is 0 Å². The van der Waals surface area contributed by atoms with E-state index >= 15 is 0 Å². The van der Waals surface area contributed by atoms with Crippen molar-refractivity contribution in [3.05, 3.63) is 18.3 Å². The third-order valence-corrected chi connectivity index (χ3v) is 2.88. The number of aromatic nitrogens is 1. The summed E-state index contributed by atoms with van der Waals surface area (Å²) in [6.45, 7) is 3.03. The summed E-state index contributed by atoms with van der Waals surface area (Å²) in [6.07, 6.45) is 3.04. The lowest BCUT2D eigenvalue weighted by molar-refractivity contribution is -0.119. The summed E-state index contributed by atoms with van der Waals surface area (Å²) in [4.78, 5) is 24.4. The fraction of sp³-hybridized carbons (Fsp3) is 0.462. The van der Waals surface area contributed by atoms with Gasteiger partial charge < -0.3 is 21.1 Å². The molecule has 110 valence electrons. The molecule has 0 radical (unpaired) electrons. The lowest BCUT2D eigenvalue weighted by Crippen LogP contribution is -2.36. The molecule has 2 rings (SSSR count). The number of nitrogens with two attached hydrogens (primary N) is 1. The number of ether oxygens (including phenoxy) is 1. The molecule has 1 fully saturated rings. The Balaban J connectivity index is 0.000000204. The summed E-state index contributed by atoms with van der Waals surface area (Å²) < 4.78 is 4.91.